The minimum Gasteiger partial charge on any atom is -0.507 e. The summed E-state index contributed by atoms with van der Waals surface area (Å²) in [5, 5.41) is 21.0. The smallest absolute Gasteiger partial charge is 0.251 e. The number of nitrogens with zero attached hydrogens (tertiary/aromatic N) is 3. The average molecular weight is 350 g/mol. The molecule has 0 radical (unpaired) electrons. The third kappa shape index (κ3) is 3.59. The first-order valence-corrected chi connectivity index (χ1v) is 8.56. The van der Waals surface area contributed by atoms with Crippen LogP contribution in [0.3, 0.4) is 0 Å². The van der Waals surface area contributed by atoms with Crippen molar-refractivity contribution in [2.24, 2.45) is 0 Å². The molecule has 0 aliphatic carbocycles. The molecule has 1 atom stereocenters. The predicted octanol–water partition coefficient (Wildman–Crippen LogP) is 3.72. The van der Waals surface area contributed by atoms with E-state index in [1.165, 1.54) is 0 Å². The first-order valence-electron chi connectivity index (χ1n) is 8.56. The third-order valence-electron chi connectivity index (χ3n) is 4.25. The van der Waals surface area contributed by atoms with Crippen LogP contribution in [-0.4, -0.2) is 25.8 Å². The molecule has 1 heterocycles. The molecule has 2 aromatic carbocycles. The van der Waals surface area contributed by atoms with Crippen LogP contribution in [0.25, 0.3) is 11.1 Å². The van der Waals surface area contributed by atoms with Crippen molar-refractivity contribution in [1.29, 1.82) is 0 Å². The van der Waals surface area contributed by atoms with E-state index in [9.17, 15) is 9.90 Å². The van der Waals surface area contributed by atoms with Gasteiger partial charge < -0.3 is 15.0 Å². The Labute approximate surface area is 152 Å². The Morgan fingerprint density at radius 2 is 1.77 bits per heavy atom. The normalized spacial score (nSPS) is 12.2. The molecule has 0 unspecified atom stereocenters. The van der Waals surface area contributed by atoms with E-state index in [1.807, 2.05) is 49.6 Å². The number of phenols is 1. The number of rotatable bonds is 5. The maximum absolute atomic E-state index is 12.5. The maximum Gasteiger partial charge on any atom is 0.251 e. The summed E-state index contributed by atoms with van der Waals surface area (Å²) in [7, 11) is 0. The van der Waals surface area contributed by atoms with Crippen LogP contribution in [0.5, 0.6) is 5.75 Å². The third-order valence-corrected chi connectivity index (χ3v) is 4.25. The summed E-state index contributed by atoms with van der Waals surface area (Å²) < 4.78 is 1.94. The Morgan fingerprint density at radius 1 is 1.08 bits per heavy atom. The standard InChI is InChI=1S/C20H22N4O2/c1-13(2)24-12-21-23-19(24)14(3)22-20(26)16-10-8-15(9-11-16)17-6-4-5-7-18(17)25/h4-14,25H,1-3H3,(H,22,26)/t14-/m1/s1. The number of hydrogen-bond donors (Lipinski definition) is 2. The number of aromatic hydroxyl groups is 1. The maximum atomic E-state index is 12.5. The lowest BCUT2D eigenvalue weighted by molar-refractivity contribution is 0.0937. The van der Waals surface area contributed by atoms with Gasteiger partial charge in [0.2, 0.25) is 0 Å². The van der Waals surface area contributed by atoms with Crippen molar-refractivity contribution in [3.63, 3.8) is 0 Å². The Kier molecular flexibility index (Phi) is 5.02. The number of amides is 1. The lowest BCUT2D eigenvalue weighted by atomic mass is 10.0. The van der Waals surface area contributed by atoms with Gasteiger partial charge in [0, 0.05) is 17.2 Å². The lowest BCUT2D eigenvalue weighted by Gasteiger charge is -2.17. The number of hydrogen-bond acceptors (Lipinski definition) is 4. The van der Waals surface area contributed by atoms with Gasteiger partial charge in [0.1, 0.15) is 12.1 Å². The summed E-state index contributed by atoms with van der Waals surface area (Å²) >= 11 is 0. The number of para-hydroxylation sites is 1. The zero-order chi connectivity index (χ0) is 18.7. The van der Waals surface area contributed by atoms with Gasteiger partial charge in [0.05, 0.1) is 6.04 Å². The van der Waals surface area contributed by atoms with Gasteiger partial charge in [-0.2, -0.15) is 0 Å². The monoisotopic (exact) mass is 350 g/mol. The van der Waals surface area contributed by atoms with Crippen molar-refractivity contribution < 1.29 is 9.90 Å². The van der Waals surface area contributed by atoms with Gasteiger partial charge in [-0.15, -0.1) is 10.2 Å². The molecule has 1 amide bonds. The first kappa shape index (κ1) is 17.7. The average Bonchev–Trinajstić information content (AvgIpc) is 3.12. The van der Waals surface area contributed by atoms with Crippen LogP contribution in [0, 0.1) is 0 Å². The van der Waals surface area contributed by atoms with E-state index < -0.39 is 0 Å². The highest BCUT2D eigenvalue weighted by atomic mass is 16.3. The molecule has 0 saturated heterocycles. The molecule has 6 heteroatoms. The van der Waals surface area contributed by atoms with E-state index in [0.717, 1.165) is 17.0 Å². The van der Waals surface area contributed by atoms with E-state index in [1.54, 1.807) is 30.6 Å². The molecule has 3 aromatic rings. The highest BCUT2D eigenvalue weighted by Crippen LogP contribution is 2.28. The Hall–Kier alpha value is -3.15. The number of carbonyl (C=O) groups is 1. The van der Waals surface area contributed by atoms with Gasteiger partial charge in [-0.1, -0.05) is 30.3 Å². The molecule has 0 fully saturated rings. The van der Waals surface area contributed by atoms with Gasteiger partial charge in [-0.3, -0.25) is 4.79 Å². The van der Waals surface area contributed by atoms with Crippen molar-refractivity contribution >= 4 is 5.91 Å². The predicted molar refractivity (Wildman–Crippen MR) is 99.8 cm³/mol. The van der Waals surface area contributed by atoms with Gasteiger partial charge >= 0.3 is 0 Å². The Balaban J connectivity index is 1.74. The van der Waals surface area contributed by atoms with E-state index in [-0.39, 0.29) is 23.7 Å². The minimum atomic E-state index is -0.259. The first-order chi connectivity index (χ1) is 12.5. The Bertz CT molecular complexity index is 900. The van der Waals surface area contributed by atoms with E-state index in [2.05, 4.69) is 15.5 Å². The number of benzene rings is 2. The fraction of sp³-hybridized carbons (Fsp3) is 0.250. The second-order valence-corrected chi connectivity index (χ2v) is 6.48. The summed E-state index contributed by atoms with van der Waals surface area (Å²) in [6, 6.07) is 14.2. The molecular weight excluding hydrogens is 328 g/mol. The van der Waals surface area contributed by atoms with Crippen LogP contribution in [0.2, 0.25) is 0 Å². The molecule has 0 saturated carbocycles. The summed E-state index contributed by atoms with van der Waals surface area (Å²) in [6.07, 6.45) is 1.67. The Morgan fingerprint density at radius 3 is 2.42 bits per heavy atom. The van der Waals surface area contributed by atoms with E-state index in [0.29, 0.717) is 5.56 Å². The lowest BCUT2D eigenvalue weighted by Crippen LogP contribution is -2.29. The molecule has 0 bridgehead atoms. The summed E-state index contributed by atoms with van der Waals surface area (Å²) in [6.45, 7) is 5.97. The van der Waals surface area contributed by atoms with Gasteiger partial charge in [-0.25, -0.2) is 0 Å². The van der Waals surface area contributed by atoms with Crippen molar-refractivity contribution in [1.82, 2.24) is 20.1 Å². The quantitative estimate of drug-likeness (QED) is 0.735. The van der Waals surface area contributed by atoms with Crippen molar-refractivity contribution in [3.8, 4) is 16.9 Å². The topological polar surface area (TPSA) is 80.0 Å². The highest BCUT2D eigenvalue weighted by Gasteiger charge is 2.18. The summed E-state index contributed by atoms with van der Waals surface area (Å²) in [5.74, 6) is 0.755. The van der Waals surface area contributed by atoms with E-state index in [4.69, 9.17) is 0 Å². The molecule has 26 heavy (non-hydrogen) atoms. The van der Waals surface area contributed by atoms with E-state index >= 15 is 0 Å². The SMILES string of the molecule is CC(C)n1cnnc1[C@@H](C)NC(=O)c1ccc(-c2ccccc2O)cc1. The summed E-state index contributed by atoms with van der Waals surface area (Å²) in [5.41, 5.74) is 2.14. The molecule has 1 aromatic heterocycles. The fourth-order valence-corrected chi connectivity index (χ4v) is 2.82. The van der Waals surface area contributed by atoms with Gasteiger partial charge in [-0.05, 0) is 44.5 Å². The highest BCUT2D eigenvalue weighted by molar-refractivity contribution is 5.95. The largest absolute Gasteiger partial charge is 0.507 e. The number of nitrogens with one attached hydrogen (secondary N) is 1. The minimum absolute atomic E-state index is 0.181. The second kappa shape index (κ2) is 7.39. The van der Waals surface area contributed by atoms with Crippen molar-refractivity contribution in [2.75, 3.05) is 0 Å². The van der Waals surface area contributed by atoms with Crippen LogP contribution in [-0.2, 0) is 0 Å². The molecule has 0 spiro atoms. The second-order valence-electron chi connectivity index (χ2n) is 6.48. The van der Waals surface area contributed by atoms with Crippen molar-refractivity contribution in [2.45, 2.75) is 32.9 Å². The fourth-order valence-electron chi connectivity index (χ4n) is 2.82. The molecule has 0 aliphatic heterocycles. The zero-order valence-electron chi connectivity index (χ0n) is 15.0. The molecule has 0 aliphatic rings. The van der Waals surface area contributed by atoms with Crippen LogP contribution < -0.4 is 5.32 Å². The number of aromatic nitrogens is 3. The van der Waals surface area contributed by atoms with Gasteiger partial charge in [0.15, 0.2) is 5.82 Å². The van der Waals surface area contributed by atoms with Crippen LogP contribution in [0.4, 0.5) is 0 Å². The van der Waals surface area contributed by atoms with Gasteiger partial charge in [0.25, 0.3) is 5.91 Å². The van der Waals surface area contributed by atoms with Crippen LogP contribution in [0.1, 0.15) is 49.0 Å². The summed E-state index contributed by atoms with van der Waals surface area (Å²) in [4.78, 5) is 12.5. The molecular formula is C20H22N4O2. The molecule has 134 valence electrons. The molecule has 6 nitrogen and oxygen atoms in total. The van der Waals surface area contributed by atoms with Crippen LogP contribution in [0.15, 0.2) is 54.9 Å². The number of carbonyl (C=O) groups excluding carboxylic acids is 1. The zero-order valence-corrected chi connectivity index (χ0v) is 15.0. The van der Waals surface area contributed by atoms with Crippen LogP contribution >= 0.6 is 0 Å². The molecule has 3 rings (SSSR count). The molecule has 2 N–H and O–H groups in total. The number of phenolic OH excluding ortho intramolecular Hbond substituents is 1. The van der Waals surface area contributed by atoms with Crippen molar-refractivity contribution in [3.05, 3.63) is 66.2 Å².